The monoisotopic (exact) mass is 274 g/mol. The lowest BCUT2D eigenvalue weighted by molar-refractivity contribution is 0.0709. The number of hydrogen-bond donors (Lipinski definition) is 0. The molecule has 0 unspecified atom stereocenters. The molecule has 1 aliphatic rings. The van der Waals surface area contributed by atoms with E-state index in [9.17, 15) is 4.79 Å². The lowest BCUT2D eigenvalue weighted by Crippen LogP contribution is -2.30. The Morgan fingerprint density at radius 2 is 2.45 bits per heavy atom. The van der Waals surface area contributed by atoms with Gasteiger partial charge in [0.15, 0.2) is 5.69 Å². The third kappa shape index (κ3) is 2.35. The minimum atomic E-state index is -0.0741. The van der Waals surface area contributed by atoms with E-state index in [2.05, 4.69) is 12.1 Å². The molecule has 0 spiro atoms. The summed E-state index contributed by atoms with van der Waals surface area (Å²) >= 11 is 0. The SMILES string of the molecule is CCCc1cc(C(=O)N2CCC[C@@H]2c2ccco2)no1. The molecule has 1 amide bonds. The maximum Gasteiger partial charge on any atom is 0.276 e. The third-order valence-corrected chi connectivity index (χ3v) is 3.66. The zero-order valence-electron chi connectivity index (χ0n) is 11.5. The zero-order chi connectivity index (χ0) is 13.9. The van der Waals surface area contributed by atoms with Crippen molar-refractivity contribution in [3.05, 3.63) is 41.7 Å². The Balaban J connectivity index is 1.78. The van der Waals surface area contributed by atoms with Gasteiger partial charge in [0.2, 0.25) is 0 Å². The van der Waals surface area contributed by atoms with E-state index in [0.29, 0.717) is 5.69 Å². The second-order valence-electron chi connectivity index (χ2n) is 5.10. The summed E-state index contributed by atoms with van der Waals surface area (Å²) in [6.45, 7) is 2.80. The highest BCUT2D eigenvalue weighted by Gasteiger charge is 2.33. The molecule has 0 saturated carbocycles. The molecule has 5 heteroatoms. The van der Waals surface area contributed by atoms with Gasteiger partial charge >= 0.3 is 0 Å². The summed E-state index contributed by atoms with van der Waals surface area (Å²) in [5, 5.41) is 3.90. The minimum absolute atomic E-state index is 0.0174. The molecule has 3 rings (SSSR count). The van der Waals surface area contributed by atoms with Crippen molar-refractivity contribution >= 4 is 5.91 Å². The number of rotatable bonds is 4. The van der Waals surface area contributed by atoms with E-state index >= 15 is 0 Å². The molecule has 1 atom stereocenters. The van der Waals surface area contributed by atoms with Crippen molar-refractivity contribution < 1.29 is 13.7 Å². The number of amides is 1. The molecule has 2 aromatic heterocycles. The van der Waals surface area contributed by atoms with Crippen LogP contribution >= 0.6 is 0 Å². The molecule has 2 aromatic rings. The lowest BCUT2D eigenvalue weighted by Gasteiger charge is -2.21. The standard InChI is InChI=1S/C15H18N2O3/c1-2-5-11-10-12(16-20-11)15(18)17-8-3-6-13(17)14-7-4-9-19-14/h4,7,9-10,13H,2-3,5-6,8H2,1H3/t13-/m1/s1. The van der Waals surface area contributed by atoms with Gasteiger partial charge in [0.25, 0.3) is 5.91 Å². The van der Waals surface area contributed by atoms with Gasteiger partial charge in [-0.15, -0.1) is 0 Å². The Labute approximate surface area is 117 Å². The number of aromatic nitrogens is 1. The summed E-state index contributed by atoms with van der Waals surface area (Å²) in [6.07, 6.45) is 5.34. The van der Waals surface area contributed by atoms with Gasteiger partial charge in [0, 0.05) is 19.0 Å². The highest BCUT2D eigenvalue weighted by Crippen LogP contribution is 2.33. The van der Waals surface area contributed by atoms with E-state index in [1.807, 2.05) is 17.0 Å². The van der Waals surface area contributed by atoms with Gasteiger partial charge in [0.1, 0.15) is 11.5 Å². The fraction of sp³-hybridized carbons (Fsp3) is 0.467. The first-order chi connectivity index (χ1) is 9.79. The van der Waals surface area contributed by atoms with Crippen LogP contribution in [0.4, 0.5) is 0 Å². The maximum absolute atomic E-state index is 12.5. The summed E-state index contributed by atoms with van der Waals surface area (Å²) in [5.74, 6) is 1.53. The predicted octanol–water partition coefficient (Wildman–Crippen LogP) is 3.20. The van der Waals surface area contributed by atoms with Gasteiger partial charge in [-0.1, -0.05) is 12.1 Å². The van der Waals surface area contributed by atoms with Crippen molar-refractivity contribution in [3.8, 4) is 0 Å². The molecular formula is C15H18N2O3. The third-order valence-electron chi connectivity index (χ3n) is 3.66. The average molecular weight is 274 g/mol. The quantitative estimate of drug-likeness (QED) is 0.859. The molecule has 0 N–H and O–H groups in total. The molecule has 1 saturated heterocycles. The Morgan fingerprint density at radius 1 is 1.55 bits per heavy atom. The van der Waals surface area contributed by atoms with Crippen LogP contribution in [0.25, 0.3) is 0 Å². The highest BCUT2D eigenvalue weighted by molar-refractivity contribution is 5.92. The topological polar surface area (TPSA) is 59.5 Å². The summed E-state index contributed by atoms with van der Waals surface area (Å²) in [5.41, 5.74) is 0.395. The molecule has 0 bridgehead atoms. The normalized spacial score (nSPS) is 18.6. The number of likely N-dealkylation sites (tertiary alicyclic amines) is 1. The molecular weight excluding hydrogens is 256 g/mol. The van der Waals surface area contributed by atoms with Gasteiger partial charge in [-0.05, 0) is 31.4 Å². The Morgan fingerprint density at radius 3 is 3.20 bits per heavy atom. The van der Waals surface area contributed by atoms with Crippen LogP contribution in [-0.4, -0.2) is 22.5 Å². The van der Waals surface area contributed by atoms with Gasteiger partial charge in [-0.25, -0.2) is 0 Å². The molecule has 106 valence electrons. The van der Waals surface area contributed by atoms with Crippen molar-refractivity contribution in [2.45, 2.75) is 38.6 Å². The van der Waals surface area contributed by atoms with Gasteiger partial charge in [-0.2, -0.15) is 0 Å². The Hall–Kier alpha value is -2.04. The van der Waals surface area contributed by atoms with Crippen molar-refractivity contribution in [2.24, 2.45) is 0 Å². The summed E-state index contributed by atoms with van der Waals surface area (Å²) in [6, 6.07) is 5.54. The molecule has 1 aliphatic heterocycles. The minimum Gasteiger partial charge on any atom is -0.467 e. The number of carbonyl (C=O) groups excluding carboxylic acids is 1. The van der Waals surface area contributed by atoms with Crippen molar-refractivity contribution in [2.75, 3.05) is 6.54 Å². The Bertz CT molecular complexity index is 574. The molecule has 0 radical (unpaired) electrons. The van der Waals surface area contributed by atoms with Crippen LogP contribution in [0, 0.1) is 0 Å². The summed E-state index contributed by atoms with van der Waals surface area (Å²) in [4.78, 5) is 14.4. The van der Waals surface area contributed by atoms with E-state index in [1.165, 1.54) is 0 Å². The second-order valence-corrected chi connectivity index (χ2v) is 5.10. The molecule has 3 heterocycles. The number of nitrogens with zero attached hydrogens (tertiary/aromatic N) is 2. The van der Waals surface area contributed by atoms with Crippen molar-refractivity contribution in [1.82, 2.24) is 10.1 Å². The second kappa shape index (κ2) is 5.53. The first-order valence-electron chi connectivity index (χ1n) is 7.09. The Kier molecular flexibility index (Phi) is 3.58. The van der Waals surface area contributed by atoms with Crippen LogP contribution < -0.4 is 0 Å². The number of hydrogen-bond acceptors (Lipinski definition) is 4. The van der Waals surface area contributed by atoms with Crippen LogP contribution in [0.15, 0.2) is 33.4 Å². The first kappa shape index (κ1) is 13.0. The van der Waals surface area contributed by atoms with E-state index in [4.69, 9.17) is 8.94 Å². The zero-order valence-corrected chi connectivity index (χ0v) is 11.5. The summed E-state index contributed by atoms with van der Waals surface area (Å²) < 4.78 is 10.6. The predicted molar refractivity (Wildman–Crippen MR) is 72.2 cm³/mol. The molecule has 5 nitrogen and oxygen atoms in total. The van der Waals surface area contributed by atoms with E-state index in [0.717, 1.165) is 43.7 Å². The van der Waals surface area contributed by atoms with Gasteiger partial charge < -0.3 is 13.8 Å². The average Bonchev–Trinajstić information content (AvgIpc) is 3.19. The van der Waals surface area contributed by atoms with E-state index in [-0.39, 0.29) is 11.9 Å². The van der Waals surface area contributed by atoms with Crippen LogP contribution in [0.2, 0.25) is 0 Å². The van der Waals surface area contributed by atoms with Crippen LogP contribution in [0.5, 0.6) is 0 Å². The number of aryl methyl sites for hydroxylation is 1. The summed E-state index contributed by atoms with van der Waals surface area (Å²) in [7, 11) is 0. The molecule has 1 fully saturated rings. The first-order valence-corrected chi connectivity index (χ1v) is 7.09. The van der Waals surface area contributed by atoms with Crippen LogP contribution in [-0.2, 0) is 6.42 Å². The van der Waals surface area contributed by atoms with E-state index in [1.54, 1.807) is 12.3 Å². The fourth-order valence-corrected chi connectivity index (χ4v) is 2.71. The highest BCUT2D eigenvalue weighted by atomic mass is 16.5. The van der Waals surface area contributed by atoms with Gasteiger partial charge in [0.05, 0.1) is 12.3 Å². The van der Waals surface area contributed by atoms with Crippen molar-refractivity contribution in [1.29, 1.82) is 0 Å². The van der Waals surface area contributed by atoms with Gasteiger partial charge in [-0.3, -0.25) is 4.79 Å². The maximum atomic E-state index is 12.5. The smallest absolute Gasteiger partial charge is 0.276 e. The van der Waals surface area contributed by atoms with Crippen molar-refractivity contribution in [3.63, 3.8) is 0 Å². The lowest BCUT2D eigenvalue weighted by atomic mass is 10.1. The fourth-order valence-electron chi connectivity index (χ4n) is 2.71. The number of furan rings is 1. The largest absolute Gasteiger partial charge is 0.467 e. The van der Waals surface area contributed by atoms with E-state index < -0.39 is 0 Å². The molecule has 20 heavy (non-hydrogen) atoms. The van der Waals surface area contributed by atoms with Crippen LogP contribution in [0.1, 0.15) is 54.2 Å². The van der Waals surface area contributed by atoms with Crippen LogP contribution in [0.3, 0.4) is 0 Å². The number of carbonyl (C=O) groups is 1. The molecule has 0 aliphatic carbocycles. The molecule has 0 aromatic carbocycles.